The Bertz CT molecular complexity index is 288. The predicted octanol–water partition coefficient (Wildman–Crippen LogP) is -0.969. The van der Waals surface area contributed by atoms with Crippen molar-refractivity contribution in [3.63, 3.8) is 0 Å². The van der Waals surface area contributed by atoms with Gasteiger partial charge in [-0.05, 0) is 6.92 Å². The van der Waals surface area contributed by atoms with Crippen molar-refractivity contribution in [2.75, 3.05) is 25.1 Å². The molecule has 0 bridgehead atoms. The van der Waals surface area contributed by atoms with Crippen LogP contribution in [0.2, 0.25) is 0 Å². The minimum absolute atomic E-state index is 0.365. The Morgan fingerprint density at radius 2 is 1.93 bits per heavy atom. The summed E-state index contributed by atoms with van der Waals surface area (Å²) in [6.07, 6.45) is 3.39. The van der Waals surface area contributed by atoms with Crippen molar-refractivity contribution in [3.05, 3.63) is 12.4 Å². The van der Waals surface area contributed by atoms with Crippen molar-refractivity contribution in [1.29, 1.82) is 0 Å². The number of aliphatic hydroxyl groups is 3. The molecular formula is C9H17N3O3. The molecule has 0 aliphatic rings. The molecule has 0 unspecified atom stereocenters. The smallest absolute Gasteiger partial charge is 0.203 e. The number of aryl methyl sites for hydroxylation is 1. The van der Waals surface area contributed by atoms with Crippen LogP contribution in [0.15, 0.2) is 12.4 Å². The molecule has 0 aliphatic carbocycles. The Hall–Kier alpha value is -1.11. The molecule has 6 heteroatoms. The first-order valence-corrected chi connectivity index (χ1v) is 4.83. The number of aliphatic hydroxyl groups excluding tert-OH is 3. The van der Waals surface area contributed by atoms with Crippen LogP contribution in [0.4, 0.5) is 5.95 Å². The Morgan fingerprint density at radius 3 is 2.40 bits per heavy atom. The van der Waals surface area contributed by atoms with Crippen LogP contribution in [0.1, 0.15) is 6.92 Å². The highest BCUT2D eigenvalue weighted by Gasteiger charge is 2.29. The van der Waals surface area contributed by atoms with E-state index in [1.165, 1.54) is 0 Å². The first kappa shape index (κ1) is 12.0. The van der Waals surface area contributed by atoms with Gasteiger partial charge in [0.05, 0.1) is 19.8 Å². The summed E-state index contributed by atoms with van der Waals surface area (Å²) in [5.74, 6) is 0.523. The summed E-state index contributed by atoms with van der Waals surface area (Å²) in [6.45, 7) is 1.58. The van der Waals surface area contributed by atoms with Gasteiger partial charge < -0.3 is 25.2 Å². The molecule has 0 saturated heterocycles. The summed E-state index contributed by atoms with van der Waals surface area (Å²) >= 11 is 0. The molecule has 0 spiro atoms. The van der Waals surface area contributed by atoms with Gasteiger partial charge in [0.15, 0.2) is 0 Å². The van der Waals surface area contributed by atoms with E-state index in [1.807, 2.05) is 11.5 Å². The molecule has 1 aromatic heterocycles. The number of nitrogens with one attached hydrogen (secondary N) is 1. The van der Waals surface area contributed by atoms with Crippen molar-refractivity contribution in [2.24, 2.45) is 0 Å². The quantitative estimate of drug-likeness (QED) is 0.490. The summed E-state index contributed by atoms with van der Waals surface area (Å²) in [6, 6.07) is 0. The highest BCUT2D eigenvalue weighted by Crippen LogP contribution is 2.13. The van der Waals surface area contributed by atoms with Gasteiger partial charge in [-0.3, -0.25) is 0 Å². The number of nitrogens with zero attached hydrogens (tertiary/aromatic N) is 2. The molecule has 0 saturated carbocycles. The monoisotopic (exact) mass is 215 g/mol. The van der Waals surface area contributed by atoms with Gasteiger partial charge in [0, 0.05) is 18.9 Å². The lowest BCUT2D eigenvalue weighted by molar-refractivity contribution is 0.0826. The molecule has 0 fully saturated rings. The van der Waals surface area contributed by atoms with Crippen LogP contribution in [0.5, 0.6) is 0 Å². The summed E-state index contributed by atoms with van der Waals surface area (Å²) in [4.78, 5) is 4.03. The number of hydrogen-bond acceptors (Lipinski definition) is 5. The lowest BCUT2D eigenvalue weighted by Gasteiger charge is -2.29. The normalized spacial score (nSPS) is 11.7. The second kappa shape index (κ2) is 5.11. The van der Waals surface area contributed by atoms with Crippen LogP contribution in [0.25, 0.3) is 0 Å². The number of hydrogen-bond donors (Lipinski definition) is 4. The van der Waals surface area contributed by atoms with E-state index in [1.54, 1.807) is 12.4 Å². The highest BCUT2D eigenvalue weighted by molar-refractivity contribution is 5.31. The Balaban J connectivity index is 2.82. The molecule has 0 aromatic carbocycles. The van der Waals surface area contributed by atoms with Crippen LogP contribution in [-0.4, -0.2) is 50.2 Å². The summed E-state index contributed by atoms with van der Waals surface area (Å²) in [7, 11) is 0. The fourth-order valence-electron chi connectivity index (χ4n) is 1.19. The SMILES string of the molecule is CCn1ccnc1NC(CO)(CO)CO. The highest BCUT2D eigenvalue weighted by atomic mass is 16.3. The van der Waals surface area contributed by atoms with Gasteiger partial charge in [-0.15, -0.1) is 0 Å². The summed E-state index contributed by atoms with van der Waals surface area (Å²) in [5.41, 5.74) is -1.13. The zero-order valence-electron chi connectivity index (χ0n) is 8.72. The zero-order valence-corrected chi connectivity index (χ0v) is 8.72. The maximum atomic E-state index is 9.12. The molecule has 6 nitrogen and oxygen atoms in total. The van der Waals surface area contributed by atoms with Crippen LogP contribution in [0.3, 0.4) is 0 Å². The molecule has 1 rings (SSSR count). The Labute approximate surface area is 88.2 Å². The lowest BCUT2D eigenvalue weighted by Crippen LogP contribution is -2.49. The van der Waals surface area contributed by atoms with Crippen molar-refractivity contribution in [1.82, 2.24) is 9.55 Å². The fourth-order valence-corrected chi connectivity index (χ4v) is 1.19. The van der Waals surface area contributed by atoms with E-state index in [2.05, 4.69) is 10.3 Å². The average Bonchev–Trinajstić information content (AvgIpc) is 2.73. The largest absolute Gasteiger partial charge is 0.394 e. The van der Waals surface area contributed by atoms with E-state index in [9.17, 15) is 0 Å². The number of rotatable bonds is 6. The zero-order chi connectivity index (χ0) is 11.3. The summed E-state index contributed by atoms with van der Waals surface area (Å²) in [5, 5.41) is 30.2. The van der Waals surface area contributed by atoms with Gasteiger partial charge in [0.2, 0.25) is 5.95 Å². The van der Waals surface area contributed by atoms with Gasteiger partial charge >= 0.3 is 0 Å². The van der Waals surface area contributed by atoms with Crippen LogP contribution in [-0.2, 0) is 6.54 Å². The Morgan fingerprint density at radius 1 is 1.33 bits per heavy atom. The van der Waals surface area contributed by atoms with Crippen molar-refractivity contribution < 1.29 is 15.3 Å². The second-order valence-electron chi connectivity index (χ2n) is 3.42. The van der Waals surface area contributed by atoms with Gasteiger partial charge in [-0.2, -0.15) is 0 Å². The minimum Gasteiger partial charge on any atom is -0.394 e. The first-order chi connectivity index (χ1) is 7.21. The lowest BCUT2D eigenvalue weighted by atomic mass is 10.0. The van der Waals surface area contributed by atoms with E-state index in [0.29, 0.717) is 5.95 Å². The summed E-state index contributed by atoms with van der Waals surface area (Å²) < 4.78 is 1.82. The van der Waals surface area contributed by atoms with E-state index in [4.69, 9.17) is 15.3 Å². The molecule has 0 aliphatic heterocycles. The molecule has 0 radical (unpaired) electrons. The van der Waals surface area contributed by atoms with Gasteiger partial charge in [0.1, 0.15) is 5.54 Å². The van der Waals surface area contributed by atoms with Gasteiger partial charge in [-0.25, -0.2) is 4.98 Å². The maximum Gasteiger partial charge on any atom is 0.203 e. The van der Waals surface area contributed by atoms with E-state index in [0.717, 1.165) is 6.54 Å². The van der Waals surface area contributed by atoms with Crippen LogP contribution in [0, 0.1) is 0 Å². The number of aromatic nitrogens is 2. The maximum absolute atomic E-state index is 9.12. The second-order valence-corrected chi connectivity index (χ2v) is 3.42. The molecule has 4 N–H and O–H groups in total. The van der Waals surface area contributed by atoms with Crippen LogP contribution >= 0.6 is 0 Å². The molecule has 86 valence electrons. The van der Waals surface area contributed by atoms with E-state index >= 15 is 0 Å². The molecule has 0 amide bonds. The third-order valence-corrected chi connectivity index (χ3v) is 2.34. The van der Waals surface area contributed by atoms with Crippen molar-refractivity contribution in [3.8, 4) is 0 Å². The topological polar surface area (TPSA) is 90.5 Å². The Kier molecular flexibility index (Phi) is 4.07. The molecule has 1 aromatic rings. The number of anilines is 1. The van der Waals surface area contributed by atoms with E-state index < -0.39 is 5.54 Å². The van der Waals surface area contributed by atoms with Gasteiger partial charge in [-0.1, -0.05) is 0 Å². The van der Waals surface area contributed by atoms with Gasteiger partial charge in [0.25, 0.3) is 0 Å². The predicted molar refractivity (Wildman–Crippen MR) is 55.5 cm³/mol. The molecule has 1 heterocycles. The fraction of sp³-hybridized carbons (Fsp3) is 0.667. The first-order valence-electron chi connectivity index (χ1n) is 4.83. The standard InChI is InChI=1S/C9H17N3O3/c1-2-12-4-3-10-8(12)11-9(5-13,6-14)7-15/h3-4,13-15H,2,5-7H2,1H3,(H,10,11). The molecular weight excluding hydrogens is 198 g/mol. The average molecular weight is 215 g/mol. The molecule has 15 heavy (non-hydrogen) atoms. The molecule has 0 atom stereocenters. The third-order valence-electron chi connectivity index (χ3n) is 2.34. The minimum atomic E-state index is -1.13. The number of imidazole rings is 1. The third kappa shape index (κ3) is 2.47. The van der Waals surface area contributed by atoms with E-state index in [-0.39, 0.29) is 19.8 Å². The van der Waals surface area contributed by atoms with Crippen molar-refractivity contribution in [2.45, 2.75) is 19.0 Å². The van der Waals surface area contributed by atoms with Crippen LogP contribution < -0.4 is 5.32 Å². The van der Waals surface area contributed by atoms with Crippen molar-refractivity contribution >= 4 is 5.95 Å².